The van der Waals surface area contributed by atoms with Crippen LogP contribution in [0.1, 0.15) is 24.5 Å². The molecule has 1 aromatic rings. The molecule has 7 heteroatoms. The Morgan fingerprint density at radius 1 is 1.36 bits per heavy atom. The minimum absolute atomic E-state index is 0.000815. The van der Waals surface area contributed by atoms with E-state index in [0.717, 1.165) is 13.0 Å². The molecule has 1 heterocycles. The Hall–Kier alpha value is -1.76. The monoisotopic (exact) mass is 356 g/mol. The fourth-order valence-corrected chi connectivity index (χ4v) is 3.03. The van der Waals surface area contributed by atoms with Crippen molar-refractivity contribution in [3.8, 4) is 0 Å². The van der Waals surface area contributed by atoms with E-state index in [9.17, 15) is 13.2 Å². The normalized spacial score (nSPS) is 19.2. The van der Waals surface area contributed by atoms with Crippen molar-refractivity contribution in [1.29, 1.82) is 0 Å². The zero-order valence-electron chi connectivity index (χ0n) is 14.9. The number of hydrogen-bond donors (Lipinski definition) is 2. The smallest absolute Gasteiger partial charge is 0.357 e. The van der Waals surface area contributed by atoms with Crippen LogP contribution in [-0.2, 0) is 6.42 Å². The minimum atomic E-state index is -4.14. The molecule has 0 radical (unpaired) electrons. The number of rotatable bonds is 6. The number of likely N-dealkylation sites (tertiary alicyclic amines) is 1. The summed E-state index contributed by atoms with van der Waals surface area (Å²) in [4.78, 5) is 5.99. The van der Waals surface area contributed by atoms with Gasteiger partial charge in [-0.25, -0.2) is 0 Å². The summed E-state index contributed by atoms with van der Waals surface area (Å²) in [5, 5.41) is 6.43. The fourth-order valence-electron chi connectivity index (χ4n) is 3.03. The minimum Gasteiger partial charge on any atom is -0.357 e. The third kappa shape index (κ3) is 7.34. The van der Waals surface area contributed by atoms with Gasteiger partial charge in [0.25, 0.3) is 0 Å². The van der Waals surface area contributed by atoms with Gasteiger partial charge in [0.15, 0.2) is 5.96 Å². The van der Waals surface area contributed by atoms with E-state index in [4.69, 9.17) is 0 Å². The van der Waals surface area contributed by atoms with Gasteiger partial charge in [0.05, 0.1) is 6.54 Å². The SMILES string of the molecule is CCNC(=NCCc1cccc(C)c1)NC1CCN(CC(F)(F)F)C1. The first kappa shape index (κ1) is 19.6. The Balaban J connectivity index is 1.83. The summed E-state index contributed by atoms with van der Waals surface area (Å²) in [6, 6.07) is 8.31. The molecule has 4 nitrogen and oxygen atoms in total. The number of benzene rings is 1. The lowest BCUT2D eigenvalue weighted by Gasteiger charge is -2.19. The lowest BCUT2D eigenvalue weighted by atomic mass is 10.1. The van der Waals surface area contributed by atoms with Crippen molar-refractivity contribution in [3.05, 3.63) is 35.4 Å². The number of aliphatic imine (C=N–C) groups is 1. The van der Waals surface area contributed by atoms with Crippen LogP contribution in [0.15, 0.2) is 29.3 Å². The molecule has 0 spiro atoms. The average Bonchev–Trinajstić information content (AvgIpc) is 2.92. The number of nitrogens with one attached hydrogen (secondary N) is 2. The van der Waals surface area contributed by atoms with E-state index in [2.05, 4.69) is 40.7 Å². The summed E-state index contributed by atoms with van der Waals surface area (Å²) < 4.78 is 37.4. The van der Waals surface area contributed by atoms with Gasteiger partial charge in [-0.2, -0.15) is 13.2 Å². The van der Waals surface area contributed by atoms with Crippen molar-refractivity contribution in [2.75, 3.05) is 32.7 Å². The fraction of sp³-hybridized carbons (Fsp3) is 0.611. The molecular weight excluding hydrogens is 329 g/mol. The molecule has 25 heavy (non-hydrogen) atoms. The highest BCUT2D eigenvalue weighted by Gasteiger charge is 2.34. The van der Waals surface area contributed by atoms with Gasteiger partial charge in [-0.15, -0.1) is 0 Å². The van der Waals surface area contributed by atoms with Crippen LogP contribution in [0.5, 0.6) is 0 Å². The molecule has 1 atom stereocenters. The van der Waals surface area contributed by atoms with Crippen LogP contribution in [0.2, 0.25) is 0 Å². The molecular formula is C18H27F3N4. The molecule has 2 rings (SSSR count). The zero-order valence-corrected chi connectivity index (χ0v) is 14.9. The average molecular weight is 356 g/mol. The molecule has 1 fully saturated rings. The molecule has 1 unspecified atom stereocenters. The van der Waals surface area contributed by atoms with E-state index in [1.165, 1.54) is 16.0 Å². The molecule has 1 aliphatic heterocycles. The van der Waals surface area contributed by atoms with Crippen LogP contribution in [0.3, 0.4) is 0 Å². The number of halogens is 3. The third-order valence-electron chi connectivity index (χ3n) is 4.11. The highest BCUT2D eigenvalue weighted by molar-refractivity contribution is 5.80. The van der Waals surface area contributed by atoms with Crippen LogP contribution in [0, 0.1) is 6.92 Å². The lowest BCUT2D eigenvalue weighted by molar-refractivity contribution is -0.143. The van der Waals surface area contributed by atoms with Crippen LogP contribution >= 0.6 is 0 Å². The van der Waals surface area contributed by atoms with Gasteiger partial charge < -0.3 is 10.6 Å². The molecule has 1 aliphatic rings. The summed E-state index contributed by atoms with van der Waals surface area (Å²) in [5.41, 5.74) is 2.46. The number of nitrogens with zero attached hydrogens (tertiary/aromatic N) is 2. The van der Waals surface area contributed by atoms with Crippen molar-refractivity contribution in [2.24, 2.45) is 4.99 Å². The van der Waals surface area contributed by atoms with E-state index in [0.29, 0.717) is 32.0 Å². The maximum Gasteiger partial charge on any atom is 0.401 e. The number of guanidine groups is 1. The van der Waals surface area contributed by atoms with E-state index in [1.807, 2.05) is 13.0 Å². The predicted octanol–water partition coefficient (Wildman–Crippen LogP) is 2.73. The van der Waals surface area contributed by atoms with Crippen LogP contribution in [0.25, 0.3) is 0 Å². The summed E-state index contributed by atoms with van der Waals surface area (Å²) >= 11 is 0. The van der Waals surface area contributed by atoms with Crippen LogP contribution in [-0.4, -0.2) is 55.8 Å². The maximum absolute atomic E-state index is 12.5. The van der Waals surface area contributed by atoms with Gasteiger partial charge in [-0.05, 0) is 32.3 Å². The van der Waals surface area contributed by atoms with Gasteiger partial charge in [0.1, 0.15) is 0 Å². The summed E-state index contributed by atoms with van der Waals surface area (Å²) in [6.07, 6.45) is -2.61. The second-order valence-electron chi connectivity index (χ2n) is 6.48. The van der Waals surface area contributed by atoms with Crippen molar-refractivity contribution in [3.63, 3.8) is 0 Å². The topological polar surface area (TPSA) is 39.7 Å². The van der Waals surface area contributed by atoms with Gasteiger partial charge >= 0.3 is 6.18 Å². The first-order chi connectivity index (χ1) is 11.9. The largest absolute Gasteiger partial charge is 0.401 e. The molecule has 140 valence electrons. The molecule has 1 saturated heterocycles. The predicted molar refractivity (Wildman–Crippen MR) is 94.9 cm³/mol. The van der Waals surface area contributed by atoms with Crippen LogP contribution < -0.4 is 10.6 Å². The van der Waals surface area contributed by atoms with E-state index in [-0.39, 0.29) is 6.04 Å². The molecule has 0 aliphatic carbocycles. The molecule has 0 aromatic heterocycles. The van der Waals surface area contributed by atoms with Gasteiger partial charge in [-0.3, -0.25) is 9.89 Å². The summed E-state index contributed by atoms with van der Waals surface area (Å²) in [6.45, 7) is 5.40. The maximum atomic E-state index is 12.5. The third-order valence-corrected chi connectivity index (χ3v) is 4.11. The number of aryl methyl sites for hydroxylation is 1. The Bertz CT molecular complexity index is 572. The van der Waals surface area contributed by atoms with Crippen molar-refractivity contribution in [1.82, 2.24) is 15.5 Å². The van der Waals surface area contributed by atoms with Crippen molar-refractivity contribution in [2.45, 2.75) is 38.9 Å². The standard InChI is InChI=1S/C18H27F3N4/c1-3-22-17(23-9-7-15-6-4-5-14(2)11-15)24-16-8-10-25(12-16)13-18(19,20)21/h4-6,11,16H,3,7-10,12-13H2,1-2H3,(H2,22,23,24). The molecule has 0 amide bonds. The second-order valence-corrected chi connectivity index (χ2v) is 6.48. The van der Waals surface area contributed by atoms with E-state index >= 15 is 0 Å². The quantitative estimate of drug-likeness (QED) is 0.608. The Morgan fingerprint density at radius 3 is 2.84 bits per heavy atom. The number of alkyl halides is 3. The summed E-state index contributed by atoms with van der Waals surface area (Å²) in [5.74, 6) is 0.675. The first-order valence-corrected chi connectivity index (χ1v) is 8.75. The van der Waals surface area contributed by atoms with E-state index in [1.54, 1.807) is 0 Å². The van der Waals surface area contributed by atoms with Gasteiger partial charge in [-0.1, -0.05) is 29.8 Å². The Morgan fingerprint density at radius 2 is 2.16 bits per heavy atom. The molecule has 0 bridgehead atoms. The lowest BCUT2D eigenvalue weighted by Crippen LogP contribution is -2.45. The highest BCUT2D eigenvalue weighted by atomic mass is 19.4. The van der Waals surface area contributed by atoms with Crippen molar-refractivity contribution >= 4 is 5.96 Å². The van der Waals surface area contributed by atoms with Crippen molar-refractivity contribution < 1.29 is 13.2 Å². The van der Waals surface area contributed by atoms with Crippen LogP contribution in [0.4, 0.5) is 13.2 Å². The Kier molecular flexibility index (Phi) is 7.11. The first-order valence-electron chi connectivity index (χ1n) is 8.75. The second kappa shape index (κ2) is 9.08. The molecule has 0 saturated carbocycles. The van der Waals surface area contributed by atoms with E-state index < -0.39 is 12.7 Å². The van der Waals surface area contributed by atoms with Gasteiger partial charge in [0, 0.05) is 32.2 Å². The zero-order chi connectivity index (χ0) is 18.3. The highest BCUT2D eigenvalue weighted by Crippen LogP contribution is 2.19. The molecule has 1 aromatic carbocycles. The summed E-state index contributed by atoms with van der Waals surface area (Å²) in [7, 11) is 0. The Labute approximate surface area is 147 Å². The molecule has 2 N–H and O–H groups in total. The number of hydrogen-bond acceptors (Lipinski definition) is 2. The van der Waals surface area contributed by atoms with Gasteiger partial charge in [0.2, 0.25) is 0 Å².